The summed E-state index contributed by atoms with van der Waals surface area (Å²) in [6, 6.07) is 11.8. The van der Waals surface area contributed by atoms with Crippen molar-refractivity contribution in [1.82, 2.24) is 0 Å². The minimum absolute atomic E-state index is 0.883. The van der Waals surface area contributed by atoms with Gasteiger partial charge in [-0.25, -0.2) is 0 Å². The van der Waals surface area contributed by atoms with Gasteiger partial charge in [-0.2, -0.15) is 0 Å². The van der Waals surface area contributed by atoms with Crippen LogP contribution >= 0.6 is 0 Å². The minimum Gasteiger partial charge on any atom is -0.255 e. The molecule has 0 saturated heterocycles. The summed E-state index contributed by atoms with van der Waals surface area (Å²) < 4.78 is 0. The lowest BCUT2D eigenvalue weighted by Gasteiger charge is -2.16. The van der Waals surface area contributed by atoms with Gasteiger partial charge in [0.25, 0.3) is 0 Å². The number of aliphatic imine (C=N–C) groups is 2. The van der Waals surface area contributed by atoms with E-state index in [0.29, 0.717) is 0 Å². The van der Waals surface area contributed by atoms with E-state index in [2.05, 4.69) is 71.9 Å². The molecule has 0 aliphatic rings. The summed E-state index contributed by atoms with van der Waals surface area (Å²) in [7, 11) is 0. The highest BCUT2D eigenvalue weighted by molar-refractivity contribution is 6.31. The van der Waals surface area contributed by atoms with E-state index in [-0.39, 0.29) is 0 Å². The van der Waals surface area contributed by atoms with Gasteiger partial charge in [-0.1, -0.05) is 92.6 Å². The van der Waals surface area contributed by atoms with E-state index in [1.165, 1.54) is 119 Å². The van der Waals surface area contributed by atoms with E-state index in [4.69, 9.17) is 9.98 Å². The molecule has 0 atom stereocenters. The summed E-state index contributed by atoms with van der Waals surface area (Å²) in [6.45, 7) is 13.6. The first-order valence-electron chi connectivity index (χ1n) is 17.0. The third-order valence-corrected chi connectivity index (χ3v) is 7.97. The van der Waals surface area contributed by atoms with Crippen molar-refractivity contribution in [2.24, 2.45) is 9.98 Å². The molecule has 0 radical (unpaired) electrons. The average molecular weight is 545 g/mol. The van der Waals surface area contributed by atoms with Gasteiger partial charge in [-0.15, -0.1) is 0 Å². The first-order valence-corrected chi connectivity index (χ1v) is 17.0. The lowest BCUT2D eigenvalue weighted by Crippen LogP contribution is -2.02. The Balaban J connectivity index is 2.38. The van der Waals surface area contributed by atoms with Crippen molar-refractivity contribution in [1.29, 1.82) is 0 Å². The van der Waals surface area contributed by atoms with Crippen LogP contribution in [0.3, 0.4) is 0 Å². The highest BCUT2D eigenvalue weighted by Crippen LogP contribution is 2.28. The molecule has 0 fully saturated rings. The predicted molar refractivity (Wildman–Crippen MR) is 181 cm³/mol. The van der Waals surface area contributed by atoms with E-state index >= 15 is 0 Å². The summed E-state index contributed by atoms with van der Waals surface area (Å²) in [5, 5.41) is 0. The fourth-order valence-electron chi connectivity index (χ4n) is 5.46. The molecule has 2 rings (SSSR count). The maximum absolute atomic E-state index is 5.14. The van der Waals surface area contributed by atoms with Crippen LogP contribution in [0.1, 0.15) is 153 Å². The molecule has 0 bridgehead atoms. The van der Waals surface area contributed by atoms with Gasteiger partial charge in [-0.3, -0.25) is 9.98 Å². The maximum atomic E-state index is 5.14. The van der Waals surface area contributed by atoms with E-state index in [1.54, 1.807) is 5.56 Å². The third-order valence-electron chi connectivity index (χ3n) is 7.97. The number of aryl methyl sites for hydroxylation is 4. The molecule has 2 nitrogen and oxygen atoms in total. The monoisotopic (exact) mass is 544 g/mol. The van der Waals surface area contributed by atoms with Gasteiger partial charge in [0.15, 0.2) is 0 Å². The zero-order valence-electron chi connectivity index (χ0n) is 27.1. The van der Waals surface area contributed by atoms with Crippen molar-refractivity contribution in [3.63, 3.8) is 0 Å². The third kappa shape index (κ3) is 12.5. The number of hydrogen-bond donors (Lipinski definition) is 0. The molecule has 0 aliphatic carbocycles. The molecule has 0 amide bonds. The lowest BCUT2D eigenvalue weighted by molar-refractivity contribution is 0.666. The van der Waals surface area contributed by atoms with Gasteiger partial charge in [0, 0.05) is 6.21 Å². The second-order valence-electron chi connectivity index (χ2n) is 11.7. The predicted octanol–water partition coefficient (Wildman–Crippen LogP) is 12.1. The Morgan fingerprint density at radius 2 is 1.05 bits per heavy atom. The molecule has 2 aromatic carbocycles. The van der Waals surface area contributed by atoms with Crippen molar-refractivity contribution in [2.45, 2.75) is 157 Å². The van der Waals surface area contributed by atoms with E-state index < -0.39 is 0 Å². The fraction of sp³-hybridized carbons (Fsp3) is 0.632. The van der Waals surface area contributed by atoms with Gasteiger partial charge in [-0.05, 0) is 123 Å². The van der Waals surface area contributed by atoms with Crippen LogP contribution in [0.4, 0.5) is 11.4 Å². The number of rotatable bonds is 21. The fourth-order valence-corrected chi connectivity index (χ4v) is 5.46. The van der Waals surface area contributed by atoms with Crippen LogP contribution in [-0.2, 0) is 32.1 Å². The zero-order valence-corrected chi connectivity index (χ0v) is 27.1. The van der Waals surface area contributed by atoms with Gasteiger partial charge < -0.3 is 0 Å². The molecule has 0 saturated carbocycles. The smallest absolute Gasteiger partial charge is 0.0639 e. The summed E-state index contributed by atoms with van der Waals surface area (Å²) in [6.07, 6.45) is 23.9. The van der Waals surface area contributed by atoms with Crippen LogP contribution in [0.2, 0.25) is 0 Å². The molecular formula is C38H60N2. The molecular weight excluding hydrogens is 484 g/mol. The second-order valence-corrected chi connectivity index (χ2v) is 11.7. The first kappa shape index (κ1) is 34.0. The number of nitrogens with zero attached hydrogens (tertiary/aromatic N) is 2. The summed E-state index contributed by atoms with van der Waals surface area (Å²) in [4.78, 5) is 10.2. The van der Waals surface area contributed by atoms with E-state index in [0.717, 1.165) is 36.3 Å². The summed E-state index contributed by atoms with van der Waals surface area (Å²) in [5.41, 5.74) is 10.8. The van der Waals surface area contributed by atoms with Crippen LogP contribution in [0.15, 0.2) is 40.3 Å². The molecule has 2 heteroatoms. The maximum Gasteiger partial charge on any atom is 0.0639 e. The molecule has 0 aliphatic heterocycles. The normalized spacial score (nSPS) is 12.1. The Labute approximate surface area is 248 Å². The number of hydrogen-bond acceptors (Lipinski definition) is 2. The van der Waals surface area contributed by atoms with E-state index in [1.807, 2.05) is 6.21 Å². The second kappa shape index (κ2) is 20.6. The molecule has 2 aromatic rings. The van der Waals surface area contributed by atoms with Crippen molar-refractivity contribution in [3.8, 4) is 0 Å². The largest absolute Gasteiger partial charge is 0.255 e. The van der Waals surface area contributed by atoms with E-state index in [9.17, 15) is 0 Å². The standard InChI is InChI=1S/C38H60N2/c1-7-13-18-19-21-32-25-31(20-14-8-2)26-37(27-32)40-35(12-6)30-39-36-28-33(22-15-9-3)38(24-17-11-5)34(29-36)23-16-10-4/h25-30H,7-24H2,1-6H3. The van der Waals surface area contributed by atoms with Gasteiger partial charge >= 0.3 is 0 Å². The zero-order chi connectivity index (χ0) is 29.0. The van der Waals surface area contributed by atoms with Crippen molar-refractivity contribution < 1.29 is 0 Å². The highest BCUT2D eigenvalue weighted by Gasteiger charge is 2.11. The van der Waals surface area contributed by atoms with Crippen LogP contribution in [0.5, 0.6) is 0 Å². The lowest BCUT2D eigenvalue weighted by atomic mass is 9.90. The van der Waals surface area contributed by atoms with Gasteiger partial charge in [0.1, 0.15) is 0 Å². The Morgan fingerprint density at radius 3 is 1.60 bits per heavy atom. The number of unbranched alkanes of at least 4 members (excludes halogenated alkanes) is 7. The van der Waals surface area contributed by atoms with Crippen molar-refractivity contribution >= 4 is 23.3 Å². The first-order chi connectivity index (χ1) is 19.6. The van der Waals surface area contributed by atoms with Crippen molar-refractivity contribution in [2.75, 3.05) is 0 Å². The minimum atomic E-state index is 0.883. The summed E-state index contributed by atoms with van der Waals surface area (Å²) in [5.74, 6) is 0. The average Bonchev–Trinajstić information content (AvgIpc) is 2.97. The van der Waals surface area contributed by atoms with Crippen LogP contribution < -0.4 is 0 Å². The quantitative estimate of drug-likeness (QED) is 0.110. The van der Waals surface area contributed by atoms with Crippen LogP contribution in [-0.4, -0.2) is 11.9 Å². The topological polar surface area (TPSA) is 24.7 Å². The summed E-state index contributed by atoms with van der Waals surface area (Å²) >= 11 is 0. The Morgan fingerprint density at radius 1 is 0.525 bits per heavy atom. The highest BCUT2D eigenvalue weighted by atomic mass is 14.8. The molecule has 0 aromatic heterocycles. The number of benzene rings is 2. The van der Waals surface area contributed by atoms with Gasteiger partial charge in [0.2, 0.25) is 0 Å². The molecule has 0 unspecified atom stereocenters. The Hall–Kier alpha value is -2.22. The molecule has 0 spiro atoms. The molecule has 0 N–H and O–H groups in total. The molecule has 40 heavy (non-hydrogen) atoms. The Bertz CT molecular complexity index is 1000. The van der Waals surface area contributed by atoms with Crippen molar-refractivity contribution in [3.05, 3.63) is 58.1 Å². The SMILES string of the molecule is CCCCCCc1cc(CCCC)cc(N=C(C=Nc2cc(CCCC)c(CCCC)c(CCCC)c2)CC)c1. The molecule has 222 valence electrons. The Kier molecular flexibility index (Phi) is 17.5. The van der Waals surface area contributed by atoms with Gasteiger partial charge in [0.05, 0.1) is 17.1 Å². The molecule has 0 heterocycles. The van der Waals surface area contributed by atoms with Crippen LogP contribution in [0.25, 0.3) is 0 Å². The van der Waals surface area contributed by atoms with Crippen LogP contribution in [0, 0.1) is 0 Å².